The van der Waals surface area contributed by atoms with Crippen molar-refractivity contribution in [1.29, 1.82) is 0 Å². The van der Waals surface area contributed by atoms with Crippen molar-refractivity contribution >= 4 is 17.7 Å². The number of para-hydroxylation sites is 1. The Morgan fingerprint density at radius 1 is 1.16 bits per heavy atom. The van der Waals surface area contributed by atoms with Gasteiger partial charge in [-0.3, -0.25) is 9.36 Å². The monoisotopic (exact) mass is 356 g/mol. The average Bonchev–Trinajstić information content (AvgIpc) is 3.40. The smallest absolute Gasteiger partial charge is 0.233 e. The van der Waals surface area contributed by atoms with Gasteiger partial charge in [0.25, 0.3) is 0 Å². The van der Waals surface area contributed by atoms with E-state index in [0.717, 1.165) is 36.1 Å². The topological polar surface area (TPSA) is 51.0 Å². The second-order valence-corrected chi connectivity index (χ2v) is 7.95. The van der Waals surface area contributed by atoms with Gasteiger partial charge < -0.3 is 4.90 Å². The number of amides is 1. The third kappa shape index (κ3) is 3.59. The van der Waals surface area contributed by atoms with Gasteiger partial charge in [0, 0.05) is 24.2 Å². The van der Waals surface area contributed by atoms with Crippen molar-refractivity contribution in [3.05, 3.63) is 36.2 Å². The van der Waals surface area contributed by atoms with E-state index in [1.165, 1.54) is 31.0 Å². The maximum Gasteiger partial charge on any atom is 0.233 e. The van der Waals surface area contributed by atoms with Crippen LogP contribution in [0.1, 0.15) is 50.8 Å². The second kappa shape index (κ2) is 7.20. The standard InChI is InChI=1S/C19H24N4OS/c1-14-7-5-6-12-22(14)17(24)13-25-19-21-20-18(15-10-11-15)23(19)16-8-3-2-4-9-16/h2-4,8-9,14-15H,5-7,10-13H2,1H3. The van der Waals surface area contributed by atoms with Crippen molar-refractivity contribution in [3.63, 3.8) is 0 Å². The first-order chi connectivity index (χ1) is 12.2. The van der Waals surface area contributed by atoms with Gasteiger partial charge in [-0.2, -0.15) is 0 Å². The fourth-order valence-corrected chi connectivity index (χ4v) is 4.32. The SMILES string of the molecule is CC1CCCCN1C(=O)CSc1nnc(C2CC2)n1-c1ccccc1. The van der Waals surface area contributed by atoms with E-state index in [9.17, 15) is 4.79 Å². The number of carbonyl (C=O) groups is 1. The van der Waals surface area contributed by atoms with E-state index < -0.39 is 0 Å². The molecule has 1 atom stereocenters. The highest BCUT2D eigenvalue weighted by atomic mass is 32.2. The van der Waals surface area contributed by atoms with Gasteiger partial charge >= 0.3 is 0 Å². The van der Waals surface area contributed by atoms with E-state index in [0.29, 0.717) is 17.7 Å². The molecule has 5 nitrogen and oxygen atoms in total. The summed E-state index contributed by atoms with van der Waals surface area (Å²) in [5.41, 5.74) is 1.08. The normalized spacial score (nSPS) is 20.7. The van der Waals surface area contributed by atoms with Gasteiger partial charge in [-0.25, -0.2) is 0 Å². The Bertz CT molecular complexity index is 741. The zero-order valence-corrected chi connectivity index (χ0v) is 15.4. The van der Waals surface area contributed by atoms with Crippen LogP contribution in [0.25, 0.3) is 5.69 Å². The zero-order valence-electron chi connectivity index (χ0n) is 14.6. The number of benzene rings is 1. The van der Waals surface area contributed by atoms with Gasteiger partial charge in [0.2, 0.25) is 5.91 Å². The van der Waals surface area contributed by atoms with Crippen molar-refractivity contribution in [2.24, 2.45) is 0 Å². The Morgan fingerprint density at radius 2 is 1.96 bits per heavy atom. The molecule has 25 heavy (non-hydrogen) atoms. The van der Waals surface area contributed by atoms with Crippen LogP contribution >= 0.6 is 11.8 Å². The molecule has 2 heterocycles. The van der Waals surface area contributed by atoms with Crippen LogP contribution in [0.5, 0.6) is 0 Å². The highest BCUT2D eigenvalue weighted by Crippen LogP contribution is 2.41. The molecule has 0 bridgehead atoms. The predicted octanol–water partition coefficient (Wildman–Crippen LogP) is 3.64. The van der Waals surface area contributed by atoms with Crippen molar-refractivity contribution in [1.82, 2.24) is 19.7 Å². The maximum absolute atomic E-state index is 12.6. The first-order valence-corrected chi connectivity index (χ1v) is 10.2. The van der Waals surface area contributed by atoms with E-state index in [4.69, 9.17) is 0 Å². The van der Waals surface area contributed by atoms with Crippen molar-refractivity contribution in [3.8, 4) is 5.69 Å². The summed E-state index contributed by atoms with van der Waals surface area (Å²) in [4.78, 5) is 14.7. The first kappa shape index (κ1) is 16.6. The van der Waals surface area contributed by atoms with Gasteiger partial charge in [-0.15, -0.1) is 10.2 Å². The molecule has 1 aromatic heterocycles. The molecule has 2 aliphatic rings. The Morgan fingerprint density at radius 3 is 2.68 bits per heavy atom. The summed E-state index contributed by atoms with van der Waals surface area (Å²) in [5.74, 6) is 2.19. The number of thioether (sulfide) groups is 1. The highest BCUT2D eigenvalue weighted by molar-refractivity contribution is 7.99. The fourth-order valence-electron chi connectivity index (χ4n) is 3.48. The molecule has 2 aromatic rings. The number of hydrogen-bond donors (Lipinski definition) is 0. The first-order valence-electron chi connectivity index (χ1n) is 9.17. The summed E-state index contributed by atoms with van der Waals surface area (Å²) >= 11 is 1.51. The van der Waals surface area contributed by atoms with E-state index in [2.05, 4.69) is 33.8 Å². The minimum absolute atomic E-state index is 0.216. The molecule has 1 aliphatic heterocycles. The summed E-state index contributed by atoms with van der Waals surface area (Å²) < 4.78 is 2.13. The Kier molecular flexibility index (Phi) is 4.79. The number of hydrogen-bond acceptors (Lipinski definition) is 4. The highest BCUT2D eigenvalue weighted by Gasteiger charge is 2.31. The fraction of sp³-hybridized carbons (Fsp3) is 0.526. The van der Waals surface area contributed by atoms with Crippen molar-refractivity contribution in [2.75, 3.05) is 12.3 Å². The summed E-state index contributed by atoms with van der Waals surface area (Å²) in [6, 6.07) is 10.6. The molecule has 1 saturated heterocycles. The molecule has 1 amide bonds. The Hall–Kier alpha value is -1.82. The molecule has 1 aliphatic carbocycles. The summed E-state index contributed by atoms with van der Waals surface area (Å²) in [7, 11) is 0. The van der Waals surface area contributed by atoms with Crippen LogP contribution < -0.4 is 0 Å². The van der Waals surface area contributed by atoms with Crippen LogP contribution in [0.15, 0.2) is 35.5 Å². The average molecular weight is 356 g/mol. The molecule has 132 valence electrons. The molecular weight excluding hydrogens is 332 g/mol. The minimum atomic E-state index is 0.216. The number of carbonyl (C=O) groups excluding carboxylic acids is 1. The summed E-state index contributed by atoms with van der Waals surface area (Å²) in [5, 5.41) is 9.65. The van der Waals surface area contributed by atoms with E-state index >= 15 is 0 Å². The Labute approximate surface area is 152 Å². The summed E-state index contributed by atoms with van der Waals surface area (Å²) in [6.45, 7) is 3.04. The molecular formula is C19H24N4OS. The maximum atomic E-state index is 12.6. The molecule has 1 aromatic carbocycles. The molecule has 0 spiro atoms. The number of aromatic nitrogens is 3. The van der Waals surface area contributed by atoms with Crippen LogP contribution in [0.4, 0.5) is 0 Å². The second-order valence-electron chi connectivity index (χ2n) is 7.01. The number of rotatable bonds is 5. The molecule has 1 unspecified atom stereocenters. The number of nitrogens with zero attached hydrogens (tertiary/aromatic N) is 4. The van der Waals surface area contributed by atoms with Gasteiger partial charge in [0.05, 0.1) is 5.75 Å². The quantitative estimate of drug-likeness (QED) is 0.768. The summed E-state index contributed by atoms with van der Waals surface area (Å²) in [6.07, 6.45) is 5.82. The molecule has 6 heteroatoms. The molecule has 1 saturated carbocycles. The minimum Gasteiger partial charge on any atom is -0.339 e. The lowest BCUT2D eigenvalue weighted by Crippen LogP contribution is -2.42. The number of likely N-dealkylation sites (tertiary alicyclic amines) is 1. The third-order valence-corrected chi connectivity index (χ3v) is 5.98. The number of piperidine rings is 1. The van der Waals surface area contributed by atoms with Crippen molar-refractivity contribution < 1.29 is 4.79 Å². The van der Waals surface area contributed by atoms with Crippen molar-refractivity contribution in [2.45, 2.75) is 56.1 Å². The van der Waals surface area contributed by atoms with Crippen LogP contribution in [0.2, 0.25) is 0 Å². The van der Waals surface area contributed by atoms with Crippen LogP contribution in [-0.2, 0) is 4.79 Å². The molecule has 4 rings (SSSR count). The lowest BCUT2D eigenvalue weighted by molar-refractivity contribution is -0.131. The van der Waals surface area contributed by atoms with Crippen LogP contribution in [0, 0.1) is 0 Å². The zero-order chi connectivity index (χ0) is 17.2. The largest absolute Gasteiger partial charge is 0.339 e. The molecule has 2 fully saturated rings. The van der Waals surface area contributed by atoms with Gasteiger partial charge in [0.1, 0.15) is 5.82 Å². The Balaban J connectivity index is 1.52. The molecule has 0 radical (unpaired) electrons. The predicted molar refractivity (Wildman–Crippen MR) is 99.1 cm³/mol. The lowest BCUT2D eigenvalue weighted by Gasteiger charge is -2.33. The van der Waals surface area contributed by atoms with Gasteiger partial charge in [-0.05, 0) is 51.2 Å². The van der Waals surface area contributed by atoms with Crippen LogP contribution in [-0.4, -0.2) is 43.9 Å². The molecule has 0 N–H and O–H groups in total. The van der Waals surface area contributed by atoms with E-state index in [-0.39, 0.29) is 5.91 Å². The van der Waals surface area contributed by atoms with Gasteiger partial charge in [0.15, 0.2) is 5.16 Å². The van der Waals surface area contributed by atoms with E-state index in [1.54, 1.807) is 0 Å². The lowest BCUT2D eigenvalue weighted by atomic mass is 10.0. The van der Waals surface area contributed by atoms with Gasteiger partial charge in [-0.1, -0.05) is 30.0 Å². The van der Waals surface area contributed by atoms with E-state index in [1.807, 2.05) is 23.1 Å². The van der Waals surface area contributed by atoms with Crippen LogP contribution in [0.3, 0.4) is 0 Å². The third-order valence-electron chi connectivity index (χ3n) is 5.06.